The molecule has 3 rings (SSSR count). The molecule has 5 heteroatoms. The van der Waals surface area contributed by atoms with Gasteiger partial charge < -0.3 is 9.63 Å². The summed E-state index contributed by atoms with van der Waals surface area (Å²) in [5.41, 5.74) is -0.631. The molecule has 2 fully saturated rings. The minimum atomic E-state index is -0.989. The summed E-state index contributed by atoms with van der Waals surface area (Å²) < 4.78 is 5.96. The van der Waals surface area contributed by atoms with Crippen LogP contribution in [-0.4, -0.2) is 22.6 Å². The van der Waals surface area contributed by atoms with Crippen molar-refractivity contribution >= 4 is 23.2 Å². The van der Waals surface area contributed by atoms with Crippen LogP contribution in [0.3, 0.4) is 0 Å². The Morgan fingerprint density at radius 3 is 2.85 bits per heavy atom. The van der Waals surface area contributed by atoms with E-state index in [2.05, 4.69) is 35.8 Å². The molecule has 1 N–H and O–H groups in total. The van der Waals surface area contributed by atoms with E-state index in [4.69, 9.17) is 4.52 Å². The molecule has 0 aliphatic heterocycles. The van der Waals surface area contributed by atoms with Gasteiger partial charge in [0.1, 0.15) is 11.4 Å². The molecule has 0 amide bonds. The van der Waals surface area contributed by atoms with Crippen molar-refractivity contribution in [2.45, 2.75) is 58.2 Å². The zero-order chi connectivity index (χ0) is 14.8. The molecular formula is C15H24O3P2. The van der Waals surface area contributed by atoms with E-state index >= 15 is 0 Å². The number of allylic oxidation sites excluding steroid dienone is 2. The standard InChI is InChI=1S/C15H24O3P2/c1-9-4-5-10-12(18-20-19)15(17)7-6-11(16)14(15,8-9)13(10,2)3/h4,10,12,17,20H,5-8,19H2,1-3H3/t10?,12-,14?,15-/m1/s1. The van der Waals surface area contributed by atoms with E-state index in [1.807, 2.05) is 0 Å². The predicted octanol–water partition coefficient (Wildman–Crippen LogP) is 3.23. The van der Waals surface area contributed by atoms with Crippen LogP contribution in [0, 0.1) is 16.7 Å². The van der Waals surface area contributed by atoms with Crippen LogP contribution in [0.5, 0.6) is 0 Å². The van der Waals surface area contributed by atoms with Crippen molar-refractivity contribution in [2.24, 2.45) is 16.7 Å². The van der Waals surface area contributed by atoms with Gasteiger partial charge in [-0.05, 0) is 37.5 Å². The van der Waals surface area contributed by atoms with Gasteiger partial charge in [-0.2, -0.15) is 0 Å². The fourth-order valence-corrected chi connectivity index (χ4v) is 6.22. The number of carbonyl (C=O) groups excluding carboxylic acids is 1. The summed E-state index contributed by atoms with van der Waals surface area (Å²) in [6.45, 7) is 6.41. The Hall–Kier alpha value is 0.190. The van der Waals surface area contributed by atoms with Crippen molar-refractivity contribution < 1.29 is 14.4 Å². The lowest BCUT2D eigenvalue weighted by atomic mass is 9.59. The summed E-state index contributed by atoms with van der Waals surface area (Å²) in [6, 6.07) is 0. The average Bonchev–Trinajstić information content (AvgIpc) is 2.64. The van der Waals surface area contributed by atoms with Crippen LogP contribution in [-0.2, 0) is 9.32 Å². The van der Waals surface area contributed by atoms with E-state index in [0.717, 1.165) is 6.42 Å². The summed E-state index contributed by atoms with van der Waals surface area (Å²) >= 11 is 0. The fraction of sp³-hybridized carbons (Fsp3) is 0.800. The summed E-state index contributed by atoms with van der Waals surface area (Å²) in [4.78, 5) is 12.8. The lowest BCUT2D eigenvalue weighted by Crippen LogP contribution is -2.53. The molecule has 6 atom stereocenters. The van der Waals surface area contributed by atoms with Gasteiger partial charge in [-0.25, -0.2) is 0 Å². The van der Waals surface area contributed by atoms with E-state index in [9.17, 15) is 9.90 Å². The lowest BCUT2D eigenvalue weighted by molar-refractivity contribution is -0.148. The highest BCUT2D eigenvalue weighted by atomic mass is 32.0. The second kappa shape index (κ2) is 4.59. The zero-order valence-corrected chi connectivity index (χ0v) is 14.6. The second-order valence-electron chi connectivity index (χ2n) is 7.20. The highest BCUT2D eigenvalue weighted by Gasteiger charge is 2.77. The minimum absolute atomic E-state index is 0.210. The highest BCUT2D eigenvalue weighted by molar-refractivity contribution is 8.00. The minimum Gasteiger partial charge on any atom is -0.386 e. The zero-order valence-electron chi connectivity index (χ0n) is 12.4. The Bertz CT molecular complexity index is 488. The largest absolute Gasteiger partial charge is 0.386 e. The number of ketones is 1. The first-order valence-corrected chi connectivity index (χ1v) is 10.1. The molecule has 1 spiro atoms. The van der Waals surface area contributed by atoms with E-state index < -0.39 is 11.0 Å². The van der Waals surface area contributed by atoms with Crippen molar-refractivity contribution in [3.05, 3.63) is 11.6 Å². The first-order chi connectivity index (χ1) is 9.31. The van der Waals surface area contributed by atoms with E-state index in [1.165, 1.54) is 5.57 Å². The number of hydrogen-bond acceptors (Lipinski definition) is 3. The van der Waals surface area contributed by atoms with Crippen LogP contribution >= 0.6 is 17.4 Å². The third-order valence-electron chi connectivity index (χ3n) is 6.27. The molecule has 3 aliphatic carbocycles. The predicted molar refractivity (Wildman–Crippen MR) is 84.8 cm³/mol. The van der Waals surface area contributed by atoms with Crippen molar-refractivity contribution in [3.8, 4) is 0 Å². The van der Waals surface area contributed by atoms with Crippen molar-refractivity contribution in [2.75, 3.05) is 0 Å². The molecule has 112 valence electrons. The quantitative estimate of drug-likeness (QED) is 0.629. The summed E-state index contributed by atoms with van der Waals surface area (Å²) in [5.74, 6) is 0.449. The maximum absolute atomic E-state index is 12.8. The van der Waals surface area contributed by atoms with Gasteiger partial charge in [-0.1, -0.05) is 34.4 Å². The fourth-order valence-electron chi connectivity index (χ4n) is 5.27. The first kappa shape index (κ1) is 15.1. The van der Waals surface area contributed by atoms with Crippen LogP contribution in [0.15, 0.2) is 11.6 Å². The molecule has 0 aromatic heterocycles. The topological polar surface area (TPSA) is 46.5 Å². The molecule has 0 aromatic rings. The van der Waals surface area contributed by atoms with Gasteiger partial charge in [0.2, 0.25) is 0 Å². The molecule has 2 bridgehead atoms. The van der Waals surface area contributed by atoms with Crippen LogP contribution in [0.2, 0.25) is 0 Å². The van der Waals surface area contributed by atoms with E-state index in [-0.39, 0.29) is 31.7 Å². The van der Waals surface area contributed by atoms with Crippen LogP contribution in [0.25, 0.3) is 0 Å². The SMILES string of the molecule is CC1=CCC2[C@@H](OPP)[C@]3(O)CCC(=O)C3(C1)C2(C)C. The molecular weight excluding hydrogens is 290 g/mol. The van der Waals surface area contributed by atoms with Gasteiger partial charge >= 0.3 is 0 Å². The summed E-state index contributed by atoms with van der Waals surface area (Å²) in [7, 11) is 2.87. The van der Waals surface area contributed by atoms with Crippen LogP contribution in [0.4, 0.5) is 0 Å². The Morgan fingerprint density at radius 1 is 1.50 bits per heavy atom. The normalized spacial score (nSPS) is 46.6. The molecule has 20 heavy (non-hydrogen) atoms. The van der Waals surface area contributed by atoms with Gasteiger partial charge in [-0.15, -0.1) is 0 Å². The molecule has 3 nitrogen and oxygen atoms in total. The number of rotatable bonds is 2. The number of aliphatic hydroxyl groups is 1. The number of hydrogen-bond donors (Lipinski definition) is 1. The molecule has 0 heterocycles. The third kappa shape index (κ3) is 1.53. The molecule has 3 aliphatic rings. The Morgan fingerprint density at radius 2 is 2.20 bits per heavy atom. The van der Waals surface area contributed by atoms with Crippen LogP contribution < -0.4 is 0 Å². The maximum atomic E-state index is 12.8. The molecule has 0 radical (unpaired) electrons. The highest BCUT2D eigenvalue weighted by Crippen LogP contribution is 2.71. The second-order valence-corrected chi connectivity index (χ2v) is 8.38. The van der Waals surface area contributed by atoms with Gasteiger partial charge in [0.15, 0.2) is 0 Å². The number of carbonyl (C=O) groups is 1. The van der Waals surface area contributed by atoms with Crippen molar-refractivity contribution in [1.29, 1.82) is 0 Å². The number of Topliss-reactive ketones (excluding diaryl/α,β-unsaturated/α-hetero) is 1. The van der Waals surface area contributed by atoms with Gasteiger partial charge in [0.25, 0.3) is 0 Å². The van der Waals surface area contributed by atoms with Gasteiger partial charge in [0, 0.05) is 14.9 Å². The van der Waals surface area contributed by atoms with E-state index in [1.54, 1.807) is 0 Å². The third-order valence-corrected chi connectivity index (χ3v) is 7.07. The molecule has 4 unspecified atom stereocenters. The molecule has 2 saturated carbocycles. The van der Waals surface area contributed by atoms with Gasteiger partial charge in [0.05, 0.1) is 11.5 Å². The van der Waals surface area contributed by atoms with Crippen LogP contribution in [0.1, 0.15) is 46.5 Å². The maximum Gasteiger partial charge on any atom is 0.143 e. The van der Waals surface area contributed by atoms with Crippen molar-refractivity contribution in [1.82, 2.24) is 0 Å². The first-order valence-electron chi connectivity index (χ1n) is 7.34. The Kier molecular flexibility index (Phi) is 3.47. The summed E-state index contributed by atoms with van der Waals surface area (Å²) in [5, 5.41) is 11.5. The Labute approximate surface area is 124 Å². The smallest absolute Gasteiger partial charge is 0.143 e. The lowest BCUT2D eigenvalue weighted by Gasteiger charge is -2.44. The summed E-state index contributed by atoms with van der Waals surface area (Å²) in [6.07, 6.45) is 4.65. The van der Waals surface area contributed by atoms with Crippen molar-refractivity contribution in [3.63, 3.8) is 0 Å². The molecule has 0 saturated heterocycles. The molecule has 0 aromatic carbocycles. The van der Waals surface area contributed by atoms with E-state index in [0.29, 0.717) is 19.3 Å². The van der Waals surface area contributed by atoms with Gasteiger partial charge in [-0.3, -0.25) is 4.79 Å². The monoisotopic (exact) mass is 314 g/mol. The Balaban J connectivity index is 2.22. The number of fused-ring (bicyclic) bond motifs is 1. The average molecular weight is 314 g/mol.